The third kappa shape index (κ3) is 2.82. The third-order valence-corrected chi connectivity index (χ3v) is 3.63. The van der Waals surface area contributed by atoms with Gasteiger partial charge in [0.25, 0.3) is 0 Å². The first-order valence-electron chi connectivity index (χ1n) is 6.45. The summed E-state index contributed by atoms with van der Waals surface area (Å²) in [4.78, 5) is 25.1. The zero-order valence-corrected chi connectivity index (χ0v) is 11.2. The van der Waals surface area contributed by atoms with Gasteiger partial charge in [-0.1, -0.05) is 12.2 Å². The highest BCUT2D eigenvalue weighted by Crippen LogP contribution is 2.29. The first kappa shape index (κ1) is 14.1. The summed E-state index contributed by atoms with van der Waals surface area (Å²) < 4.78 is 0. The summed E-state index contributed by atoms with van der Waals surface area (Å²) in [5, 5.41) is 18.5. The number of allylic oxidation sites excluding steroid dienone is 2. The van der Waals surface area contributed by atoms with Crippen LogP contribution >= 0.6 is 0 Å². The second-order valence-corrected chi connectivity index (χ2v) is 4.91. The summed E-state index contributed by atoms with van der Waals surface area (Å²) in [7, 11) is 1.62. The molecule has 1 aliphatic carbocycles. The summed E-state index contributed by atoms with van der Waals surface area (Å²) in [6, 6.07) is 6.24. The van der Waals surface area contributed by atoms with Crippen LogP contribution in [0.1, 0.15) is 12.8 Å². The van der Waals surface area contributed by atoms with Gasteiger partial charge in [0.05, 0.1) is 11.8 Å². The molecule has 0 unspecified atom stereocenters. The molecule has 0 spiro atoms. The molecular formula is C15H17NO4. The van der Waals surface area contributed by atoms with Gasteiger partial charge < -0.3 is 15.1 Å². The van der Waals surface area contributed by atoms with E-state index in [0.29, 0.717) is 18.5 Å². The minimum atomic E-state index is -0.938. The lowest BCUT2D eigenvalue weighted by Crippen LogP contribution is -2.40. The molecule has 1 amide bonds. The fraction of sp³-hybridized carbons (Fsp3) is 0.333. The van der Waals surface area contributed by atoms with Crippen molar-refractivity contribution < 1.29 is 19.8 Å². The van der Waals surface area contributed by atoms with Crippen LogP contribution in [0.5, 0.6) is 5.75 Å². The normalized spacial score (nSPS) is 21.4. The van der Waals surface area contributed by atoms with Gasteiger partial charge in [0.1, 0.15) is 5.75 Å². The van der Waals surface area contributed by atoms with Gasteiger partial charge in [-0.05, 0) is 37.1 Å². The van der Waals surface area contributed by atoms with Crippen molar-refractivity contribution in [1.29, 1.82) is 0 Å². The van der Waals surface area contributed by atoms with Crippen molar-refractivity contribution in [1.82, 2.24) is 0 Å². The number of aliphatic carboxylic acids is 1. The van der Waals surface area contributed by atoms with Crippen LogP contribution in [-0.4, -0.2) is 29.1 Å². The molecule has 2 N–H and O–H groups in total. The predicted octanol–water partition coefficient (Wildman–Crippen LogP) is 2.02. The third-order valence-electron chi connectivity index (χ3n) is 3.63. The monoisotopic (exact) mass is 275 g/mol. The molecule has 0 fully saturated rings. The molecule has 20 heavy (non-hydrogen) atoms. The number of carboxylic acids is 1. The number of hydrogen-bond donors (Lipinski definition) is 2. The standard InChI is InChI=1S/C15H17NO4/c1-16(10-6-8-11(17)9-7-10)14(18)12-4-2-3-5-13(12)15(19)20/h2-3,6-9,12-13,17H,4-5H2,1H3,(H,19,20)/t12-,13+/m1/s1. The fourth-order valence-electron chi connectivity index (χ4n) is 2.41. The van der Waals surface area contributed by atoms with E-state index in [-0.39, 0.29) is 11.7 Å². The summed E-state index contributed by atoms with van der Waals surface area (Å²) in [5.74, 6) is -2.25. The number of nitrogens with zero attached hydrogens (tertiary/aromatic N) is 1. The molecule has 5 nitrogen and oxygen atoms in total. The Hall–Kier alpha value is -2.30. The second-order valence-electron chi connectivity index (χ2n) is 4.91. The lowest BCUT2D eigenvalue weighted by Gasteiger charge is -2.28. The first-order chi connectivity index (χ1) is 9.50. The Bertz CT molecular complexity index is 535. The van der Waals surface area contributed by atoms with Crippen LogP contribution in [0.15, 0.2) is 36.4 Å². The minimum absolute atomic E-state index is 0.124. The van der Waals surface area contributed by atoms with Gasteiger partial charge >= 0.3 is 5.97 Å². The number of carbonyl (C=O) groups excluding carboxylic acids is 1. The largest absolute Gasteiger partial charge is 0.508 e. The maximum absolute atomic E-state index is 12.5. The molecule has 0 saturated carbocycles. The van der Waals surface area contributed by atoms with Crippen LogP contribution in [0.2, 0.25) is 0 Å². The maximum atomic E-state index is 12.5. The van der Waals surface area contributed by atoms with Crippen LogP contribution in [0, 0.1) is 11.8 Å². The molecule has 0 bridgehead atoms. The highest BCUT2D eigenvalue weighted by molar-refractivity contribution is 5.97. The Labute approximate surface area is 117 Å². The van der Waals surface area contributed by atoms with Crippen molar-refractivity contribution in [2.24, 2.45) is 11.8 Å². The number of hydrogen-bond acceptors (Lipinski definition) is 3. The summed E-state index contributed by atoms with van der Waals surface area (Å²) in [6.45, 7) is 0. The van der Waals surface area contributed by atoms with Crippen LogP contribution in [-0.2, 0) is 9.59 Å². The summed E-state index contributed by atoms with van der Waals surface area (Å²) >= 11 is 0. The van der Waals surface area contributed by atoms with Gasteiger partial charge in [-0.2, -0.15) is 0 Å². The SMILES string of the molecule is CN(C(=O)[C@@H]1CC=CC[C@@H]1C(=O)O)c1ccc(O)cc1. The Kier molecular flexibility index (Phi) is 4.08. The summed E-state index contributed by atoms with van der Waals surface area (Å²) in [6.07, 6.45) is 4.49. The number of phenolic OH excluding ortho intramolecular Hbond substituents is 1. The van der Waals surface area contributed by atoms with E-state index in [2.05, 4.69) is 0 Å². The average molecular weight is 275 g/mol. The number of amides is 1. The average Bonchev–Trinajstić information content (AvgIpc) is 2.46. The number of benzene rings is 1. The zero-order valence-electron chi connectivity index (χ0n) is 11.2. The van der Waals surface area contributed by atoms with E-state index in [1.54, 1.807) is 19.2 Å². The highest BCUT2D eigenvalue weighted by atomic mass is 16.4. The second kappa shape index (κ2) is 5.77. The first-order valence-corrected chi connectivity index (χ1v) is 6.45. The number of anilines is 1. The summed E-state index contributed by atoms with van der Waals surface area (Å²) in [5.41, 5.74) is 0.631. The van der Waals surface area contributed by atoms with Gasteiger partial charge in [0.2, 0.25) is 5.91 Å². The van der Waals surface area contributed by atoms with Gasteiger partial charge in [0.15, 0.2) is 0 Å². The zero-order chi connectivity index (χ0) is 14.7. The smallest absolute Gasteiger partial charge is 0.307 e. The number of phenols is 1. The van der Waals surface area contributed by atoms with E-state index in [9.17, 15) is 19.8 Å². The molecular weight excluding hydrogens is 258 g/mol. The maximum Gasteiger partial charge on any atom is 0.307 e. The van der Waals surface area contributed by atoms with Crippen LogP contribution in [0.4, 0.5) is 5.69 Å². The van der Waals surface area contributed by atoms with Crippen LogP contribution < -0.4 is 4.90 Å². The molecule has 5 heteroatoms. The molecule has 0 aliphatic heterocycles. The number of carbonyl (C=O) groups is 2. The fourth-order valence-corrected chi connectivity index (χ4v) is 2.41. The van der Waals surface area contributed by atoms with E-state index in [0.717, 1.165) is 0 Å². The number of aromatic hydroxyl groups is 1. The van der Waals surface area contributed by atoms with Crippen LogP contribution in [0.25, 0.3) is 0 Å². The quantitative estimate of drug-likeness (QED) is 0.827. The number of rotatable bonds is 3. The van der Waals surface area contributed by atoms with Crippen molar-refractivity contribution in [2.75, 3.05) is 11.9 Å². The van der Waals surface area contributed by atoms with Crippen molar-refractivity contribution >= 4 is 17.6 Å². The highest BCUT2D eigenvalue weighted by Gasteiger charge is 2.35. The molecule has 1 aromatic rings. The topological polar surface area (TPSA) is 77.8 Å². The van der Waals surface area contributed by atoms with Crippen molar-refractivity contribution in [2.45, 2.75) is 12.8 Å². The molecule has 1 aromatic carbocycles. The van der Waals surface area contributed by atoms with Gasteiger partial charge in [-0.3, -0.25) is 9.59 Å². The molecule has 2 rings (SSSR count). The number of carboxylic acid groups (broad SMARTS) is 1. The van der Waals surface area contributed by atoms with Crippen LogP contribution in [0.3, 0.4) is 0 Å². The predicted molar refractivity (Wildman–Crippen MR) is 74.5 cm³/mol. The Balaban J connectivity index is 2.19. The van der Waals surface area contributed by atoms with Crippen molar-refractivity contribution in [3.05, 3.63) is 36.4 Å². The molecule has 0 radical (unpaired) electrons. The van der Waals surface area contributed by atoms with Gasteiger partial charge in [-0.15, -0.1) is 0 Å². The molecule has 1 aliphatic rings. The van der Waals surface area contributed by atoms with E-state index < -0.39 is 17.8 Å². The van der Waals surface area contributed by atoms with E-state index >= 15 is 0 Å². The minimum Gasteiger partial charge on any atom is -0.508 e. The van der Waals surface area contributed by atoms with Gasteiger partial charge in [0, 0.05) is 12.7 Å². The Morgan fingerprint density at radius 1 is 1.10 bits per heavy atom. The molecule has 0 saturated heterocycles. The molecule has 2 atom stereocenters. The van der Waals surface area contributed by atoms with Gasteiger partial charge in [-0.25, -0.2) is 0 Å². The van der Waals surface area contributed by atoms with E-state index in [4.69, 9.17) is 0 Å². The lowest BCUT2D eigenvalue weighted by molar-refractivity contribution is -0.146. The molecule has 0 aromatic heterocycles. The molecule has 0 heterocycles. The molecule has 106 valence electrons. The van der Waals surface area contributed by atoms with E-state index in [1.165, 1.54) is 17.0 Å². The van der Waals surface area contributed by atoms with Crippen molar-refractivity contribution in [3.8, 4) is 5.75 Å². The Morgan fingerprint density at radius 3 is 2.20 bits per heavy atom. The van der Waals surface area contributed by atoms with E-state index in [1.807, 2.05) is 12.2 Å². The van der Waals surface area contributed by atoms with Crippen molar-refractivity contribution in [3.63, 3.8) is 0 Å². The Morgan fingerprint density at radius 2 is 1.65 bits per heavy atom. The lowest BCUT2D eigenvalue weighted by atomic mass is 9.82.